The van der Waals surface area contributed by atoms with Gasteiger partial charge in [-0.3, -0.25) is 4.79 Å². The minimum atomic E-state index is -0.328. The molecule has 4 aromatic rings. The van der Waals surface area contributed by atoms with Crippen LogP contribution in [-0.2, 0) is 6.42 Å². The molecule has 0 aliphatic rings. The summed E-state index contributed by atoms with van der Waals surface area (Å²) in [6.07, 6.45) is 2.61. The number of hydrogen-bond acceptors (Lipinski definition) is 1. The zero-order valence-electron chi connectivity index (χ0n) is 15.0. The highest BCUT2D eigenvalue weighted by Crippen LogP contribution is 2.25. The van der Waals surface area contributed by atoms with Gasteiger partial charge in [0.25, 0.3) is 5.91 Å². The summed E-state index contributed by atoms with van der Waals surface area (Å²) in [5.41, 5.74) is 4.02. The summed E-state index contributed by atoms with van der Waals surface area (Å²) in [5, 5.41) is 4.70. The van der Waals surface area contributed by atoms with Crippen molar-refractivity contribution in [2.24, 2.45) is 0 Å². The Bertz CT molecular complexity index is 1150. The van der Waals surface area contributed by atoms with Crippen molar-refractivity contribution in [2.75, 3.05) is 6.54 Å². The average molecular weight is 393 g/mol. The first-order chi connectivity index (χ1) is 13.6. The molecule has 0 spiro atoms. The predicted molar refractivity (Wildman–Crippen MR) is 111 cm³/mol. The van der Waals surface area contributed by atoms with E-state index in [-0.39, 0.29) is 11.7 Å². The summed E-state index contributed by atoms with van der Waals surface area (Å²) >= 11 is 6.09. The van der Waals surface area contributed by atoms with Crippen LogP contribution >= 0.6 is 11.6 Å². The molecule has 3 nitrogen and oxygen atoms in total. The normalized spacial score (nSPS) is 10.9. The second-order valence-electron chi connectivity index (χ2n) is 6.57. The van der Waals surface area contributed by atoms with Crippen LogP contribution in [0.4, 0.5) is 4.39 Å². The standard InChI is InChI=1S/C23H18ClFN2O/c24-17-8-9-22-21(13-17)16(14-27-22)10-11-26-23(28)20-7-2-1-6-19(20)15-4-3-5-18(25)12-15/h1-9,12-14,27H,10-11H2,(H,26,28). The molecule has 1 amide bonds. The molecule has 0 aliphatic heterocycles. The molecule has 0 bridgehead atoms. The van der Waals surface area contributed by atoms with E-state index in [9.17, 15) is 9.18 Å². The Morgan fingerprint density at radius 2 is 1.89 bits per heavy atom. The average Bonchev–Trinajstić information content (AvgIpc) is 3.10. The molecule has 0 fully saturated rings. The minimum Gasteiger partial charge on any atom is -0.361 e. The van der Waals surface area contributed by atoms with Gasteiger partial charge in [-0.05, 0) is 59.5 Å². The Hall–Kier alpha value is -3.11. The van der Waals surface area contributed by atoms with Crippen molar-refractivity contribution in [3.63, 3.8) is 0 Å². The van der Waals surface area contributed by atoms with Gasteiger partial charge in [-0.15, -0.1) is 0 Å². The summed E-state index contributed by atoms with van der Waals surface area (Å²) in [7, 11) is 0. The van der Waals surface area contributed by atoms with Gasteiger partial charge in [-0.2, -0.15) is 0 Å². The molecule has 0 atom stereocenters. The molecule has 0 saturated heterocycles. The first kappa shape index (κ1) is 18.3. The molecule has 4 rings (SSSR count). The van der Waals surface area contributed by atoms with E-state index in [1.165, 1.54) is 12.1 Å². The number of nitrogens with one attached hydrogen (secondary N) is 2. The smallest absolute Gasteiger partial charge is 0.251 e. The maximum absolute atomic E-state index is 13.6. The molecular formula is C23H18ClFN2O. The Labute approximate surface area is 167 Å². The number of halogens is 2. The van der Waals surface area contributed by atoms with Crippen LogP contribution in [0, 0.1) is 5.82 Å². The lowest BCUT2D eigenvalue weighted by Crippen LogP contribution is -2.26. The zero-order valence-corrected chi connectivity index (χ0v) is 15.8. The van der Waals surface area contributed by atoms with Gasteiger partial charge in [0.2, 0.25) is 0 Å². The second-order valence-corrected chi connectivity index (χ2v) is 7.00. The highest BCUT2D eigenvalue weighted by molar-refractivity contribution is 6.31. The van der Waals surface area contributed by atoms with Gasteiger partial charge in [0.05, 0.1) is 0 Å². The van der Waals surface area contributed by atoms with Gasteiger partial charge >= 0.3 is 0 Å². The summed E-state index contributed by atoms with van der Waals surface area (Å²) < 4.78 is 13.6. The van der Waals surface area contributed by atoms with E-state index in [0.717, 1.165) is 16.5 Å². The fourth-order valence-corrected chi connectivity index (χ4v) is 3.52. The van der Waals surface area contributed by atoms with Gasteiger partial charge in [0, 0.05) is 34.2 Å². The number of hydrogen-bond donors (Lipinski definition) is 2. The van der Waals surface area contributed by atoms with E-state index >= 15 is 0 Å². The lowest BCUT2D eigenvalue weighted by molar-refractivity contribution is 0.0955. The number of aromatic nitrogens is 1. The van der Waals surface area contributed by atoms with Crippen molar-refractivity contribution in [2.45, 2.75) is 6.42 Å². The zero-order chi connectivity index (χ0) is 19.5. The number of benzene rings is 3. The maximum atomic E-state index is 13.6. The first-order valence-electron chi connectivity index (χ1n) is 9.00. The van der Waals surface area contributed by atoms with Crippen molar-refractivity contribution >= 4 is 28.4 Å². The van der Waals surface area contributed by atoms with Crippen molar-refractivity contribution in [3.8, 4) is 11.1 Å². The SMILES string of the molecule is O=C(NCCc1c[nH]c2ccc(Cl)cc12)c1ccccc1-c1cccc(F)c1. The topological polar surface area (TPSA) is 44.9 Å². The van der Waals surface area contributed by atoms with Crippen LogP contribution in [0.25, 0.3) is 22.0 Å². The lowest BCUT2D eigenvalue weighted by Gasteiger charge is -2.10. The molecular weight excluding hydrogens is 375 g/mol. The quantitative estimate of drug-likeness (QED) is 0.456. The van der Waals surface area contributed by atoms with Gasteiger partial charge in [0.1, 0.15) is 5.82 Å². The van der Waals surface area contributed by atoms with Crippen LogP contribution in [0.5, 0.6) is 0 Å². The first-order valence-corrected chi connectivity index (χ1v) is 9.38. The van der Waals surface area contributed by atoms with Crippen molar-refractivity contribution in [1.29, 1.82) is 0 Å². The Kier molecular flexibility index (Phi) is 5.13. The van der Waals surface area contributed by atoms with Gasteiger partial charge in [-0.25, -0.2) is 4.39 Å². The van der Waals surface area contributed by atoms with Crippen LogP contribution in [0.2, 0.25) is 5.02 Å². The maximum Gasteiger partial charge on any atom is 0.251 e. The molecule has 3 aromatic carbocycles. The Morgan fingerprint density at radius 3 is 2.75 bits per heavy atom. The van der Waals surface area contributed by atoms with Crippen LogP contribution in [-0.4, -0.2) is 17.4 Å². The highest BCUT2D eigenvalue weighted by Gasteiger charge is 2.13. The Balaban J connectivity index is 1.49. The van der Waals surface area contributed by atoms with Gasteiger partial charge < -0.3 is 10.3 Å². The number of carbonyl (C=O) groups excluding carboxylic acids is 1. The Morgan fingerprint density at radius 1 is 1.04 bits per heavy atom. The molecule has 1 heterocycles. The number of H-pyrrole nitrogens is 1. The van der Waals surface area contributed by atoms with Crippen LogP contribution in [0.15, 0.2) is 72.9 Å². The van der Waals surface area contributed by atoms with Crippen LogP contribution < -0.4 is 5.32 Å². The van der Waals surface area contributed by atoms with Crippen molar-refractivity contribution in [3.05, 3.63) is 94.9 Å². The second kappa shape index (κ2) is 7.87. The highest BCUT2D eigenvalue weighted by atomic mass is 35.5. The van der Waals surface area contributed by atoms with Crippen LogP contribution in [0.3, 0.4) is 0 Å². The molecule has 2 N–H and O–H groups in total. The largest absolute Gasteiger partial charge is 0.361 e. The van der Waals surface area contributed by atoms with E-state index in [1.807, 2.05) is 36.5 Å². The molecule has 0 unspecified atom stereocenters. The van der Waals surface area contributed by atoms with E-state index in [1.54, 1.807) is 24.3 Å². The third kappa shape index (κ3) is 3.78. The molecule has 28 heavy (non-hydrogen) atoms. The molecule has 0 radical (unpaired) electrons. The third-order valence-electron chi connectivity index (χ3n) is 4.72. The van der Waals surface area contributed by atoms with Gasteiger partial charge in [-0.1, -0.05) is 41.9 Å². The molecule has 140 valence electrons. The van der Waals surface area contributed by atoms with E-state index in [0.29, 0.717) is 34.7 Å². The number of carbonyl (C=O) groups is 1. The number of rotatable bonds is 5. The molecule has 0 aliphatic carbocycles. The minimum absolute atomic E-state index is 0.183. The fraction of sp³-hybridized carbons (Fsp3) is 0.0870. The number of fused-ring (bicyclic) bond motifs is 1. The third-order valence-corrected chi connectivity index (χ3v) is 4.95. The molecule has 5 heteroatoms. The summed E-state index contributed by atoms with van der Waals surface area (Å²) in [6.45, 7) is 0.482. The van der Waals surface area contributed by atoms with E-state index < -0.39 is 0 Å². The monoisotopic (exact) mass is 392 g/mol. The van der Waals surface area contributed by atoms with Crippen molar-refractivity contribution < 1.29 is 9.18 Å². The lowest BCUT2D eigenvalue weighted by atomic mass is 9.99. The van der Waals surface area contributed by atoms with E-state index in [2.05, 4.69) is 10.3 Å². The van der Waals surface area contributed by atoms with Crippen molar-refractivity contribution in [1.82, 2.24) is 10.3 Å². The predicted octanol–water partition coefficient (Wildman–Crippen LogP) is 5.60. The van der Waals surface area contributed by atoms with Gasteiger partial charge in [0.15, 0.2) is 0 Å². The van der Waals surface area contributed by atoms with E-state index in [4.69, 9.17) is 11.6 Å². The summed E-state index contributed by atoms with van der Waals surface area (Å²) in [5.74, 6) is -0.511. The fourth-order valence-electron chi connectivity index (χ4n) is 3.35. The summed E-state index contributed by atoms with van der Waals surface area (Å²) in [4.78, 5) is 16.0. The van der Waals surface area contributed by atoms with Crippen LogP contribution in [0.1, 0.15) is 15.9 Å². The molecule has 1 aromatic heterocycles. The number of aromatic amines is 1. The summed E-state index contributed by atoms with van der Waals surface area (Å²) in [6, 6.07) is 19.2. The molecule has 0 saturated carbocycles. The number of amides is 1.